The van der Waals surface area contributed by atoms with E-state index in [1.54, 1.807) is 6.07 Å². The maximum Gasteiger partial charge on any atom is 0.242 e. The molecule has 0 radical (unpaired) electrons. The Morgan fingerprint density at radius 3 is 2.76 bits per heavy atom. The number of aromatic hydroxyl groups is 1. The van der Waals surface area contributed by atoms with Gasteiger partial charge in [-0.3, -0.25) is 0 Å². The van der Waals surface area contributed by atoms with Crippen LogP contribution in [0.3, 0.4) is 0 Å². The standard InChI is InChI=1S/C10H8Cl2N4O/c11-7-3-6(9(17)8(12)4-7)5-14-10-13-1-2-15-16-10/h1-4,17H,5H2,(H,13,14,16). The Morgan fingerprint density at radius 1 is 1.24 bits per heavy atom. The molecule has 1 aromatic carbocycles. The number of rotatable bonds is 3. The van der Waals surface area contributed by atoms with Crippen molar-refractivity contribution >= 4 is 29.2 Å². The lowest BCUT2D eigenvalue weighted by Crippen LogP contribution is -2.04. The van der Waals surface area contributed by atoms with Crippen molar-refractivity contribution in [2.45, 2.75) is 6.54 Å². The van der Waals surface area contributed by atoms with Crippen LogP contribution in [0.1, 0.15) is 5.56 Å². The van der Waals surface area contributed by atoms with E-state index in [0.717, 1.165) is 0 Å². The summed E-state index contributed by atoms with van der Waals surface area (Å²) in [5.41, 5.74) is 0.565. The average Bonchev–Trinajstić information content (AvgIpc) is 2.33. The summed E-state index contributed by atoms with van der Waals surface area (Å²) in [6.07, 6.45) is 2.99. The van der Waals surface area contributed by atoms with Gasteiger partial charge in [0.1, 0.15) is 5.75 Å². The van der Waals surface area contributed by atoms with Crippen molar-refractivity contribution in [2.75, 3.05) is 5.32 Å². The largest absolute Gasteiger partial charge is 0.506 e. The van der Waals surface area contributed by atoms with Gasteiger partial charge in [0.15, 0.2) is 0 Å². The molecule has 0 aliphatic heterocycles. The Hall–Kier alpha value is -1.59. The molecule has 1 aromatic heterocycles. The highest BCUT2D eigenvalue weighted by molar-refractivity contribution is 6.35. The predicted octanol–water partition coefficient (Wildman–Crippen LogP) is 2.50. The van der Waals surface area contributed by atoms with Crippen LogP contribution >= 0.6 is 23.2 Å². The first-order chi connectivity index (χ1) is 8.16. The van der Waals surface area contributed by atoms with Gasteiger partial charge in [-0.25, -0.2) is 4.98 Å². The molecule has 0 unspecified atom stereocenters. The number of aromatic nitrogens is 3. The summed E-state index contributed by atoms with van der Waals surface area (Å²) in [6, 6.07) is 3.09. The third-order valence-corrected chi connectivity index (χ3v) is 2.53. The summed E-state index contributed by atoms with van der Waals surface area (Å²) < 4.78 is 0. The number of nitrogens with one attached hydrogen (secondary N) is 1. The van der Waals surface area contributed by atoms with Crippen molar-refractivity contribution in [1.82, 2.24) is 15.2 Å². The second kappa shape index (κ2) is 5.16. The Morgan fingerprint density at radius 2 is 2.06 bits per heavy atom. The van der Waals surface area contributed by atoms with Gasteiger partial charge in [-0.05, 0) is 12.1 Å². The molecule has 0 spiro atoms. The van der Waals surface area contributed by atoms with Crippen LogP contribution in [0.4, 0.5) is 5.95 Å². The monoisotopic (exact) mass is 270 g/mol. The van der Waals surface area contributed by atoms with Gasteiger partial charge in [0, 0.05) is 17.1 Å². The summed E-state index contributed by atoms with van der Waals surface area (Å²) in [5.74, 6) is 0.357. The molecule has 2 N–H and O–H groups in total. The number of halogens is 2. The molecule has 2 aromatic rings. The number of phenols is 1. The van der Waals surface area contributed by atoms with Gasteiger partial charge in [0.2, 0.25) is 5.95 Å². The second-order valence-electron chi connectivity index (χ2n) is 3.22. The summed E-state index contributed by atoms with van der Waals surface area (Å²) in [7, 11) is 0. The van der Waals surface area contributed by atoms with Gasteiger partial charge in [-0.1, -0.05) is 23.2 Å². The number of benzene rings is 1. The van der Waals surface area contributed by atoms with E-state index in [0.29, 0.717) is 23.1 Å². The van der Waals surface area contributed by atoms with Gasteiger partial charge in [0.25, 0.3) is 0 Å². The molecule has 17 heavy (non-hydrogen) atoms. The number of hydrogen-bond donors (Lipinski definition) is 2. The van der Waals surface area contributed by atoms with Crippen LogP contribution < -0.4 is 5.32 Å². The maximum atomic E-state index is 9.71. The fraction of sp³-hybridized carbons (Fsp3) is 0.100. The van der Waals surface area contributed by atoms with E-state index in [-0.39, 0.29) is 10.8 Å². The molecule has 0 aliphatic carbocycles. The van der Waals surface area contributed by atoms with Gasteiger partial charge >= 0.3 is 0 Å². The van der Waals surface area contributed by atoms with E-state index in [1.165, 1.54) is 18.5 Å². The Kier molecular flexibility index (Phi) is 3.61. The summed E-state index contributed by atoms with van der Waals surface area (Å²) in [5, 5.41) is 20.7. The van der Waals surface area contributed by atoms with Crippen molar-refractivity contribution in [3.05, 3.63) is 40.1 Å². The van der Waals surface area contributed by atoms with Crippen molar-refractivity contribution in [2.24, 2.45) is 0 Å². The normalized spacial score (nSPS) is 10.2. The first kappa shape index (κ1) is 11.9. The Labute approximate surface area is 107 Å². The highest BCUT2D eigenvalue weighted by Crippen LogP contribution is 2.31. The van der Waals surface area contributed by atoms with E-state index in [9.17, 15) is 5.11 Å². The zero-order valence-corrected chi connectivity index (χ0v) is 10.1. The van der Waals surface area contributed by atoms with Crippen LogP contribution in [0.15, 0.2) is 24.5 Å². The Balaban J connectivity index is 2.14. The van der Waals surface area contributed by atoms with Crippen molar-refractivity contribution < 1.29 is 5.11 Å². The molecular weight excluding hydrogens is 263 g/mol. The van der Waals surface area contributed by atoms with Crippen molar-refractivity contribution in [1.29, 1.82) is 0 Å². The summed E-state index contributed by atoms with van der Waals surface area (Å²) >= 11 is 11.6. The first-order valence-electron chi connectivity index (χ1n) is 4.71. The smallest absolute Gasteiger partial charge is 0.242 e. The topological polar surface area (TPSA) is 70.9 Å². The quantitative estimate of drug-likeness (QED) is 0.897. The molecule has 7 heteroatoms. The fourth-order valence-electron chi connectivity index (χ4n) is 1.26. The third kappa shape index (κ3) is 2.95. The van der Waals surface area contributed by atoms with Crippen LogP contribution in [0.2, 0.25) is 10.0 Å². The van der Waals surface area contributed by atoms with E-state index in [2.05, 4.69) is 20.5 Å². The molecule has 0 saturated heterocycles. The number of anilines is 1. The van der Waals surface area contributed by atoms with Crippen molar-refractivity contribution in [3.8, 4) is 5.75 Å². The Bertz CT molecular complexity index is 521. The van der Waals surface area contributed by atoms with Crippen LogP contribution in [0.25, 0.3) is 0 Å². The highest BCUT2D eigenvalue weighted by Gasteiger charge is 2.08. The molecular formula is C10H8Cl2N4O. The lowest BCUT2D eigenvalue weighted by atomic mass is 10.2. The number of nitrogens with zero attached hydrogens (tertiary/aromatic N) is 3. The van der Waals surface area contributed by atoms with Crippen LogP contribution in [0.5, 0.6) is 5.75 Å². The van der Waals surface area contributed by atoms with E-state index in [1.807, 2.05) is 0 Å². The number of phenolic OH excluding ortho intramolecular Hbond substituents is 1. The fourth-order valence-corrected chi connectivity index (χ4v) is 1.79. The van der Waals surface area contributed by atoms with Gasteiger partial charge in [0.05, 0.1) is 17.4 Å². The average molecular weight is 271 g/mol. The maximum absolute atomic E-state index is 9.71. The van der Waals surface area contributed by atoms with Crippen LogP contribution in [-0.4, -0.2) is 20.3 Å². The minimum atomic E-state index is -0.00698. The minimum Gasteiger partial charge on any atom is -0.506 e. The lowest BCUT2D eigenvalue weighted by molar-refractivity contribution is 0.469. The first-order valence-corrected chi connectivity index (χ1v) is 5.47. The molecule has 5 nitrogen and oxygen atoms in total. The van der Waals surface area contributed by atoms with Crippen molar-refractivity contribution in [3.63, 3.8) is 0 Å². The van der Waals surface area contributed by atoms with E-state index >= 15 is 0 Å². The molecule has 88 valence electrons. The summed E-state index contributed by atoms with van der Waals surface area (Å²) in [4.78, 5) is 3.94. The van der Waals surface area contributed by atoms with Gasteiger partial charge in [-0.2, -0.15) is 5.10 Å². The molecule has 0 saturated carbocycles. The minimum absolute atomic E-state index is 0.00698. The SMILES string of the molecule is Oc1c(Cl)cc(Cl)cc1CNc1nccnn1. The van der Waals surface area contributed by atoms with E-state index in [4.69, 9.17) is 23.2 Å². The molecule has 2 rings (SSSR count). The van der Waals surface area contributed by atoms with Crippen LogP contribution in [0, 0.1) is 0 Å². The molecule has 1 heterocycles. The van der Waals surface area contributed by atoms with Crippen LogP contribution in [-0.2, 0) is 6.54 Å². The third-order valence-electron chi connectivity index (χ3n) is 2.03. The zero-order chi connectivity index (χ0) is 12.3. The van der Waals surface area contributed by atoms with Gasteiger partial charge < -0.3 is 10.4 Å². The molecule has 0 aliphatic rings. The molecule has 0 atom stereocenters. The molecule has 0 amide bonds. The molecule has 0 fully saturated rings. The van der Waals surface area contributed by atoms with E-state index < -0.39 is 0 Å². The lowest BCUT2D eigenvalue weighted by Gasteiger charge is -2.08. The highest BCUT2D eigenvalue weighted by atomic mass is 35.5. The number of hydrogen-bond acceptors (Lipinski definition) is 5. The zero-order valence-electron chi connectivity index (χ0n) is 8.56. The summed E-state index contributed by atoms with van der Waals surface area (Å²) in [6.45, 7) is 0.303. The second-order valence-corrected chi connectivity index (χ2v) is 4.06. The predicted molar refractivity (Wildman–Crippen MR) is 65.3 cm³/mol. The molecule has 0 bridgehead atoms. The van der Waals surface area contributed by atoms with Gasteiger partial charge in [-0.15, -0.1) is 5.10 Å².